The Bertz CT molecular complexity index is 778. The predicted molar refractivity (Wildman–Crippen MR) is 80.5 cm³/mol. The van der Waals surface area contributed by atoms with Gasteiger partial charge in [0.05, 0.1) is 17.3 Å². The van der Waals surface area contributed by atoms with Gasteiger partial charge in [0.15, 0.2) is 0 Å². The van der Waals surface area contributed by atoms with E-state index < -0.39 is 10.0 Å². The van der Waals surface area contributed by atoms with Crippen molar-refractivity contribution >= 4 is 43.0 Å². The summed E-state index contributed by atoms with van der Waals surface area (Å²) in [4.78, 5) is 0.346. The number of rotatable bonds is 4. The molecule has 0 aliphatic heterocycles. The summed E-state index contributed by atoms with van der Waals surface area (Å²) in [5.41, 5.74) is 0.386. The van der Waals surface area contributed by atoms with Gasteiger partial charge in [0.25, 0.3) is 10.0 Å². The van der Waals surface area contributed by atoms with Crippen LogP contribution >= 0.6 is 27.3 Å². The summed E-state index contributed by atoms with van der Waals surface area (Å²) in [6, 6.07) is 9.66. The Morgan fingerprint density at radius 2 is 2.10 bits per heavy atom. The Morgan fingerprint density at radius 3 is 2.70 bits per heavy atom. The Hall–Kier alpha value is -1.56. The van der Waals surface area contributed by atoms with Crippen LogP contribution in [0.15, 0.2) is 39.0 Å². The fourth-order valence-corrected chi connectivity index (χ4v) is 4.01. The largest absolute Gasteiger partial charge is 0.495 e. The first-order chi connectivity index (χ1) is 9.46. The van der Waals surface area contributed by atoms with E-state index in [1.165, 1.54) is 19.2 Å². The van der Waals surface area contributed by atoms with Gasteiger partial charge in [-0.3, -0.25) is 4.72 Å². The summed E-state index contributed by atoms with van der Waals surface area (Å²) in [5, 5.41) is 8.73. The van der Waals surface area contributed by atoms with Crippen LogP contribution < -0.4 is 9.46 Å². The normalized spacial score (nSPS) is 10.8. The zero-order valence-corrected chi connectivity index (χ0v) is 13.5. The van der Waals surface area contributed by atoms with Gasteiger partial charge in [-0.2, -0.15) is 5.26 Å². The molecule has 1 N–H and O–H groups in total. The minimum Gasteiger partial charge on any atom is -0.495 e. The first-order valence-corrected chi connectivity index (χ1v) is 8.42. The van der Waals surface area contributed by atoms with E-state index in [2.05, 4.69) is 20.7 Å². The minimum absolute atomic E-state index is 0.0935. The quantitative estimate of drug-likeness (QED) is 0.893. The van der Waals surface area contributed by atoms with Gasteiger partial charge in [0.2, 0.25) is 0 Å². The summed E-state index contributed by atoms with van der Waals surface area (Å²) >= 11 is 4.21. The van der Waals surface area contributed by atoms with Crippen molar-refractivity contribution in [3.63, 3.8) is 0 Å². The standard InChI is InChI=1S/C12H9BrN2O3S2/c1-18-11-6-8(2-4-10(11)13)15-20(16,17)12-5-3-9(7-14)19-12/h2-6,15H,1H3. The number of ether oxygens (including phenoxy) is 1. The third-order valence-corrected chi connectivity index (χ3v) is 5.88. The monoisotopic (exact) mass is 372 g/mol. The molecule has 0 atom stereocenters. The summed E-state index contributed by atoms with van der Waals surface area (Å²) < 4.78 is 32.7. The van der Waals surface area contributed by atoms with Crippen LogP contribution in [-0.4, -0.2) is 15.5 Å². The van der Waals surface area contributed by atoms with E-state index in [9.17, 15) is 8.42 Å². The van der Waals surface area contributed by atoms with Crippen LogP contribution in [0.4, 0.5) is 5.69 Å². The molecule has 0 amide bonds. The van der Waals surface area contributed by atoms with E-state index in [0.29, 0.717) is 16.3 Å². The average Bonchev–Trinajstić information content (AvgIpc) is 2.90. The molecule has 20 heavy (non-hydrogen) atoms. The molecule has 0 fully saturated rings. The highest BCUT2D eigenvalue weighted by atomic mass is 79.9. The molecule has 2 rings (SSSR count). The summed E-state index contributed by atoms with van der Waals surface area (Å²) in [5.74, 6) is 0.522. The predicted octanol–water partition coefficient (Wildman–Crippen LogP) is 3.19. The summed E-state index contributed by atoms with van der Waals surface area (Å²) in [6.45, 7) is 0. The number of nitrogens with zero attached hydrogens (tertiary/aromatic N) is 1. The molecule has 0 bridgehead atoms. The Labute approximate surface area is 129 Å². The second-order valence-electron chi connectivity index (χ2n) is 3.69. The maximum atomic E-state index is 12.2. The molecule has 0 aliphatic carbocycles. The lowest BCUT2D eigenvalue weighted by molar-refractivity contribution is 0.412. The van der Waals surface area contributed by atoms with Crippen molar-refractivity contribution in [3.05, 3.63) is 39.7 Å². The van der Waals surface area contributed by atoms with Crippen molar-refractivity contribution in [2.45, 2.75) is 4.21 Å². The molecule has 104 valence electrons. The molecule has 2 aromatic rings. The molecule has 0 unspecified atom stereocenters. The Morgan fingerprint density at radius 1 is 1.35 bits per heavy atom. The molecule has 0 saturated heterocycles. The number of nitriles is 1. The topological polar surface area (TPSA) is 79.2 Å². The molecule has 1 heterocycles. The van der Waals surface area contributed by atoms with Crippen LogP contribution in [0.25, 0.3) is 0 Å². The van der Waals surface area contributed by atoms with Gasteiger partial charge < -0.3 is 4.74 Å². The van der Waals surface area contributed by atoms with Crippen molar-refractivity contribution in [3.8, 4) is 11.8 Å². The van der Waals surface area contributed by atoms with Gasteiger partial charge >= 0.3 is 0 Å². The second-order valence-corrected chi connectivity index (χ2v) is 7.53. The highest BCUT2D eigenvalue weighted by Crippen LogP contribution is 2.30. The zero-order chi connectivity index (χ0) is 14.8. The molecule has 0 saturated carbocycles. The highest BCUT2D eigenvalue weighted by Gasteiger charge is 2.17. The molecule has 0 aliphatic rings. The highest BCUT2D eigenvalue weighted by molar-refractivity contribution is 9.10. The number of hydrogen-bond donors (Lipinski definition) is 1. The van der Waals surface area contributed by atoms with Gasteiger partial charge in [-0.15, -0.1) is 11.3 Å². The van der Waals surface area contributed by atoms with Crippen molar-refractivity contribution in [2.75, 3.05) is 11.8 Å². The van der Waals surface area contributed by atoms with E-state index in [1.807, 2.05) is 6.07 Å². The van der Waals surface area contributed by atoms with E-state index >= 15 is 0 Å². The van der Waals surface area contributed by atoms with Crippen molar-refractivity contribution in [1.29, 1.82) is 5.26 Å². The minimum atomic E-state index is -3.69. The van der Waals surface area contributed by atoms with Crippen LogP contribution in [0.2, 0.25) is 0 Å². The maximum Gasteiger partial charge on any atom is 0.271 e. The van der Waals surface area contributed by atoms with Crippen molar-refractivity contribution < 1.29 is 13.2 Å². The molecule has 0 radical (unpaired) electrons. The number of sulfonamides is 1. The molecule has 5 nitrogen and oxygen atoms in total. The molecular weight excluding hydrogens is 364 g/mol. The van der Waals surface area contributed by atoms with E-state index in [1.54, 1.807) is 18.2 Å². The number of benzene rings is 1. The lowest BCUT2D eigenvalue weighted by Gasteiger charge is -2.09. The Kier molecular flexibility index (Phi) is 4.32. The number of methoxy groups -OCH3 is 1. The van der Waals surface area contributed by atoms with E-state index in [-0.39, 0.29) is 4.21 Å². The molecular formula is C12H9BrN2O3S2. The molecule has 1 aromatic carbocycles. The van der Waals surface area contributed by atoms with Crippen molar-refractivity contribution in [1.82, 2.24) is 0 Å². The van der Waals surface area contributed by atoms with E-state index in [0.717, 1.165) is 15.8 Å². The van der Waals surface area contributed by atoms with Crippen LogP contribution in [0, 0.1) is 11.3 Å². The number of nitrogens with one attached hydrogen (secondary N) is 1. The summed E-state index contributed by atoms with van der Waals surface area (Å²) in [7, 11) is -2.20. The summed E-state index contributed by atoms with van der Waals surface area (Å²) in [6.07, 6.45) is 0. The smallest absolute Gasteiger partial charge is 0.271 e. The van der Waals surface area contributed by atoms with Gasteiger partial charge in [0, 0.05) is 6.07 Å². The van der Waals surface area contributed by atoms with Gasteiger partial charge in [-0.1, -0.05) is 0 Å². The average molecular weight is 373 g/mol. The number of hydrogen-bond acceptors (Lipinski definition) is 5. The van der Waals surface area contributed by atoms with Crippen LogP contribution in [0.3, 0.4) is 0 Å². The van der Waals surface area contributed by atoms with Gasteiger partial charge in [-0.25, -0.2) is 8.42 Å². The van der Waals surface area contributed by atoms with Crippen LogP contribution in [0.5, 0.6) is 5.75 Å². The lowest BCUT2D eigenvalue weighted by atomic mass is 10.3. The number of halogens is 1. The van der Waals surface area contributed by atoms with Crippen molar-refractivity contribution in [2.24, 2.45) is 0 Å². The van der Waals surface area contributed by atoms with Gasteiger partial charge in [0.1, 0.15) is 20.9 Å². The third kappa shape index (κ3) is 3.12. The second kappa shape index (κ2) is 5.83. The fourth-order valence-electron chi connectivity index (χ4n) is 1.45. The zero-order valence-electron chi connectivity index (χ0n) is 10.3. The third-order valence-electron chi connectivity index (χ3n) is 2.36. The van der Waals surface area contributed by atoms with Crippen LogP contribution in [0.1, 0.15) is 4.88 Å². The van der Waals surface area contributed by atoms with Gasteiger partial charge in [-0.05, 0) is 40.2 Å². The number of anilines is 1. The first-order valence-electron chi connectivity index (χ1n) is 5.32. The lowest BCUT2D eigenvalue weighted by Crippen LogP contribution is -2.11. The molecule has 8 heteroatoms. The number of thiophene rings is 1. The van der Waals surface area contributed by atoms with E-state index in [4.69, 9.17) is 10.00 Å². The van der Waals surface area contributed by atoms with Crippen LogP contribution in [-0.2, 0) is 10.0 Å². The maximum absolute atomic E-state index is 12.2. The first kappa shape index (κ1) is 14.8. The fraction of sp³-hybridized carbons (Fsp3) is 0.0833. The SMILES string of the molecule is COc1cc(NS(=O)(=O)c2ccc(C#N)s2)ccc1Br. The molecule has 1 aromatic heterocycles. The Balaban J connectivity index is 2.31. The molecule has 0 spiro atoms.